The van der Waals surface area contributed by atoms with Crippen molar-refractivity contribution in [3.8, 4) is 5.75 Å². The van der Waals surface area contributed by atoms with E-state index >= 15 is 0 Å². The van der Waals surface area contributed by atoms with E-state index in [1.54, 1.807) is 20.2 Å². The summed E-state index contributed by atoms with van der Waals surface area (Å²) in [4.78, 5) is 22.8. The first-order valence-corrected chi connectivity index (χ1v) is 7.91. The van der Waals surface area contributed by atoms with Gasteiger partial charge in [-0.3, -0.25) is 9.59 Å². The minimum atomic E-state index is -0.302. The summed E-state index contributed by atoms with van der Waals surface area (Å²) in [7, 11) is 1.71. The van der Waals surface area contributed by atoms with E-state index in [-0.39, 0.29) is 23.1 Å². The van der Waals surface area contributed by atoms with Crippen LogP contribution in [0.5, 0.6) is 5.75 Å². The van der Waals surface area contributed by atoms with Crippen molar-refractivity contribution in [2.45, 2.75) is 51.2 Å². The molecule has 2 rings (SSSR count). The Morgan fingerprint density at radius 3 is 2.67 bits per heavy atom. The van der Waals surface area contributed by atoms with Crippen LogP contribution in [0.25, 0.3) is 0 Å². The van der Waals surface area contributed by atoms with E-state index in [4.69, 9.17) is 4.74 Å². The average Bonchev–Trinajstić information content (AvgIpc) is 2.38. The van der Waals surface area contributed by atoms with Crippen molar-refractivity contribution in [3.63, 3.8) is 0 Å². The summed E-state index contributed by atoms with van der Waals surface area (Å²) in [5.41, 5.74) is -0.395. The Bertz CT molecular complexity index is 589. The number of hydrogen-bond donors (Lipinski definition) is 1. The van der Waals surface area contributed by atoms with Gasteiger partial charge in [-0.05, 0) is 48.5 Å². The number of carbonyl (C=O) groups excluding carboxylic acids is 1. The quantitative estimate of drug-likeness (QED) is 0.904. The van der Waals surface area contributed by atoms with E-state index in [1.807, 2.05) is 0 Å². The van der Waals surface area contributed by atoms with Crippen LogP contribution < -0.4 is 15.6 Å². The number of pyridine rings is 1. The van der Waals surface area contributed by atoms with E-state index in [0.29, 0.717) is 5.75 Å². The molecule has 0 atom stereocenters. The van der Waals surface area contributed by atoms with Crippen LogP contribution in [-0.4, -0.2) is 22.1 Å². The monoisotopic (exact) mass is 356 g/mol. The van der Waals surface area contributed by atoms with Crippen molar-refractivity contribution in [3.05, 3.63) is 27.1 Å². The number of amides is 1. The highest BCUT2D eigenvalue weighted by Crippen LogP contribution is 2.35. The Labute approximate surface area is 132 Å². The molecule has 0 unspecified atom stereocenters. The number of nitrogens with zero attached hydrogens (tertiary/aromatic N) is 1. The number of hydrogen-bond acceptors (Lipinski definition) is 3. The SMILES string of the molecule is CC(=O)N[C@H]1CC[C@](C)(Oc2cc(=O)n(C)cc2Br)CC1. The molecule has 116 valence electrons. The number of aryl methyl sites for hydroxylation is 1. The van der Waals surface area contributed by atoms with Crippen molar-refractivity contribution in [2.24, 2.45) is 7.05 Å². The van der Waals surface area contributed by atoms with Crippen LogP contribution in [0.1, 0.15) is 39.5 Å². The van der Waals surface area contributed by atoms with Gasteiger partial charge in [0.25, 0.3) is 5.56 Å². The Kier molecular flexibility index (Phi) is 4.76. The van der Waals surface area contributed by atoms with E-state index < -0.39 is 0 Å². The molecule has 1 aromatic rings. The summed E-state index contributed by atoms with van der Waals surface area (Å²) in [6.45, 7) is 3.60. The van der Waals surface area contributed by atoms with Crippen LogP contribution in [0.4, 0.5) is 0 Å². The van der Waals surface area contributed by atoms with Gasteiger partial charge >= 0.3 is 0 Å². The fourth-order valence-electron chi connectivity index (χ4n) is 2.69. The molecule has 1 fully saturated rings. The highest BCUT2D eigenvalue weighted by molar-refractivity contribution is 9.10. The summed E-state index contributed by atoms with van der Waals surface area (Å²) >= 11 is 3.44. The third-order valence-electron chi connectivity index (χ3n) is 3.95. The molecule has 0 aliphatic heterocycles. The maximum absolute atomic E-state index is 11.7. The number of aromatic nitrogens is 1. The molecule has 1 N–H and O–H groups in total. The molecule has 1 heterocycles. The number of halogens is 1. The second-order valence-corrected chi connectivity index (χ2v) is 6.82. The molecule has 0 aromatic carbocycles. The second kappa shape index (κ2) is 6.22. The molecule has 5 nitrogen and oxygen atoms in total. The Morgan fingerprint density at radius 2 is 2.10 bits per heavy atom. The highest BCUT2D eigenvalue weighted by atomic mass is 79.9. The standard InChI is InChI=1S/C15H21BrN2O3/c1-10(19)17-11-4-6-15(2,7-5-11)21-13-8-14(20)18(3)9-12(13)16/h8-9,11H,4-7H2,1-3H3,(H,17,19)/t11-,15-. The summed E-state index contributed by atoms with van der Waals surface area (Å²) < 4.78 is 8.37. The van der Waals surface area contributed by atoms with Crippen molar-refractivity contribution in [1.82, 2.24) is 9.88 Å². The maximum atomic E-state index is 11.7. The van der Waals surface area contributed by atoms with Crippen molar-refractivity contribution in [1.29, 1.82) is 0 Å². The van der Waals surface area contributed by atoms with Gasteiger partial charge in [0.15, 0.2) is 0 Å². The third-order valence-corrected chi connectivity index (χ3v) is 4.55. The summed E-state index contributed by atoms with van der Waals surface area (Å²) in [5.74, 6) is 0.595. The first-order valence-electron chi connectivity index (χ1n) is 7.11. The smallest absolute Gasteiger partial charge is 0.254 e. The molecule has 0 saturated heterocycles. The topological polar surface area (TPSA) is 60.3 Å². The molecule has 1 saturated carbocycles. The molecule has 21 heavy (non-hydrogen) atoms. The fourth-order valence-corrected chi connectivity index (χ4v) is 3.19. The molecule has 0 spiro atoms. The summed E-state index contributed by atoms with van der Waals surface area (Å²) in [5, 5.41) is 2.95. The Balaban J connectivity index is 2.05. The molecular formula is C15H21BrN2O3. The van der Waals surface area contributed by atoms with Crippen LogP contribution in [0.3, 0.4) is 0 Å². The highest BCUT2D eigenvalue weighted by Gasteiger charge is 2.33. The lowest BCUT2D eigenvalue weighted by Crippen LogP contribution is -2.44. The molecule has 1 aromatic heterocycles. The molecule has 1 amide bonds. The van der Waals surface area contributed by atoms with Gasteiger partial charge in [0.05, 0.1) is 4.47 Å². The minimum absolute atomic E-state index is 0.0128. The molecule has 0 bridgehead atoms. The van der Waals surface area contributed by atoms with Crippen molar-refractivity contribution in [2.75, 3.05) is 0 Å². The first kappa shape index (κ1) is 16.1. The normalized spacial score (nSPS) is 25.4. The van der Waals surface area contributed by atoms with Gasteiger partial charge in [-0.25, -0.2) is 0 Å². The summed E-state index contributed by atoms with van der Waals surface area (Å²) in [6.07, 6.45) is 5.18. The van der Waals surface area contributed by atoms with Crippen molar-refractivity contribution < 1.29 is 9.53 Å². The number of ether oxygens (including phenoxy) is 1. The summed E-state index contributed by atoms with van der Waals surface area (Å²) in [6, 6.07) is 1.74. The fraction of sp³-hybridized carbons (Fsp3) is 0.600. The zero-order valence-electron chi connectivity index (χ0n) is 12.6. The molecule has 0 radical (unpaired) electrons. The Hall–Kier alpha value is -1.30. The van der Waals surface area contributed by atoms with E-state index in [0.717, 1.165) is 30.2 Å². The predicted octanol–water partition coefficient (Wildman–Crippen LogP) is 2.36. The molecule has 6 heteroatoms. The lowest BCUT2D eigenvalue weighted by atomic mass is 9.83. The maximum Gasteiger partial charge on any atom is 0.254 e. The van der Waals surface area contributed by atoms with Crippen LogP contribution in [0.15, 0.2) is 21.5 Å². The first-order chi connectivity index (χ1) is 9.79. The van der Waals surface area contributed by atoms with E-state index in [1.165, 1.54) is 10.6 Å². The van der Waals surface area contributed by atoms with Crippen LogP contribution in [-0.2, 0) is 11.8 Å². The van der Waals surface area contributed by atoms with Gasteiger partial charge in [0.1, 0.15) is 11.4 Å². The lowest BCUT2D eigenvalue weighted by Gasteiger charge is -2.38. The van der Waals surface area contributed by atoms with Gasteiger partial charge in [-0.2, -0.15) is 0 Å². The van der Waals surface area contributed by atoms with Gasteiger partial charge in [-0.15, -0.1) is 0 Å². The van der Waals surface area contributed by atoms with E-state index in [2.05, 4.69) is 28.2 Å². The molecule has 1 aliphatic rings. The predicted molar refractivity (Wildman–Crippen MR) is 84.5 cm³/mol. The zero-order chi connectivity index (χ0) is 15.6. The molecular weight excluding hydrogens is 336 g/mol. The van der Waals surface area contributed by atoms with Crippen LogP contribution in [0, 0.1) is 0 Å². The third kappa shape index (κ3) is 4.09. The van der Waals surface area contributed by atoms with Crippen LogP contribution in [0.2, 0.25) is 0 Å². The number of rotatable bonds is 3. The van der Waals surface area contributed by atoms with Gasteiger partial charge in [0, 0.05) is 32.3 Å². The number of carbonyl (C=O) groups is 1. The number of nitrogens with one attached hydrogen (secondary N) is 1. The van der Waals surface area contributed by atoms with Gasteiger partial charge < -0.3 is 14.6 Å². The van der Waals surface area contributed by atoms with E-state index in [9.17, 15) is 9.59 Å². The van der Waals surface area contributed by atoms with Crippen molar-refractivity contribution >= 4 is 21.8 Å². The van der Waals surface area contributed by atoms with Gasteiger partial charge in [0.2, 0.25) is 5.91 Å². The molecule has 1 aliphatic carbocycles. The largest absolute Gasteiger partial charge is 0.486 e. The van der Waals surface area contributed by atoms with Crippen LogP contribution >= 0.6 is 15.9 Å². The Morgan fingerprint density at radius 1 is 1.48 bits per heavy atom. The minimum Gasteiger partial charge on any atom is -0.486 e. The second-order valence-electron chi connectivity index (χ2n) is 5.96. The zero-order valence-corrected chi connectivity index (χ0v) is 14.2. The lowest BCUT2D eigenvalue weighted by molar-refractivity contribution is -0.120. The average molecular weight is 357 g/mol. The van der Waals surface area contributed by atoms with Gasteiger partial charge in [-0.1, -0.05) is 0 Å².